The van der Waals surface area contributed by atoms with Crippen molar-refractivity contribution in [2.75, 3.05) is 0 Å². The van der Waals surface area contributed by atoms with Crippen molar-refractivity contribution in [1.29, 1.82) is 0 Å². The Bertz CT molecular complexity index is 544. The van der Waals surface area contributed by atoms with E-state index in [9.17, 15) is 9.59 Å². The van der Waals surface area contributed by atoms with Crippen LogP contribution in [0, 0.1) is 0 Å². The van der Waals surface area contributed by atoms with Gasteiger partial charge in [-0.05, 0) is 0 Å². The number of hydrogen-bond donors (Lipinski definition) is 0. The summed E-state index contributed by atoms with van der Waals surface area (Å²) in [6.07, 6.45) is 3.08. The van der Waals surface area contributed by atoms with Crippen LogP contribution >= 0.6 is 0 Å². The Balaban J connectivity index is 2.10. The van der Waals surface area contributed by atoms with Gasteiger partial charge >= 0.3 is 0 Å². The minimum absolute atomic E-state index is 0.144. The largest absolute Gasteiger partial charge is 0.332 e. The molecule has 1 aromatic carbocycles. The zero-order valence-corrected chi connectivity index (χ0v) is 9.46. The molecule has 2 aromatic rings. The molecule has 4 heteroatoms. The first kappa shape index (κ1) is 11.3. The van der Waals surface area contributed by atoms with Gasteiger partial charge in [-0.25, -0.2) is 4.98 Å². The summed E-state index contributed by atoms with van der Waals surface area (Å²) in [7, 11) is 1.73. The van der Waals surface area contributed by atoms with Crippen molar-refractivity contribution in [2.24, 2.45) is 7.05 Å². The molecule has 4 nitrogen and oxygen atoms in total. The molecule has 0 spiro atoms. The second kappa shape index (κ2) is 4.74. The van der Waals surface area contributed by atoms with Gasteiger partial charge in [0.05, 0.1) is 6.42 Å². The van der Waals surface area contributed by atoms with Crippen LogP contribution in [0.2, 0.25) is 0 Å². The highest BCUT2D eigenvalue weighted by molar-refractivity contribution is 6.12. The molecule has 86 valence electrons. The van der Waals surface area contributed by atoms with Crippen LogP contribution in [-0.2, 0) is 7.05 Å². The standard InChI is InChI=1S/C13H12N2O2/c1-15-8-7-14-13(15)12(17)9-11(16)10-5-3-2-4-6-10/h2-8H,9H2,1H3. The third kappa shape index (κ3) is 2.47. The first-order valence-corrected chi connectivity index (χ1v) is 5.27. The SMILES string of the molecule is Cn1ccnc1C(=O)CC(=O)c1ccccc1. The molecule has 0 unspecified atom stereocenters. The van der Waals surface area contributed by atoms with Crippen molar-refractivity contribution in [1.82, 2.24) is 9.55 Å². The van der Waals surface area contributed by atoms with Crippen molar-refractivity contribution in [3.63, 3.8) is 0 Å². The van der Waals surface area contributed by atoms with Crippen LogP contribution in [0.3, 0.4) is 0 Å². The van der Waals surface area contributed by atoms with E-state index in [1.54, 1.807) is 48.3 Å². The maximum atomic E-state index is 11.8. The molecule has 1 aromatic heterocycles. The average Bonchev–Trinajstić information content (AvgIpc) is 2.76. The van der Waals surface area contributed by atoms with Crippen molar-refractivity contribution in [2.45, 2.75) is 6.42 Å². The molecule has 0 radical (unpaired) electrons. The number of benzene rings is 1. The molecular weight excluding hydrogens is 216 g/mol. The quantitative estimate of drug-likeness (QED) is 0.593. The number of Topliss-reactive ketones (excluding diaryl/α,β-unsaturated/α-hetero) is 2. The molecule has 0 saturated heterocycles. The van der Waals surface area contributed by atoms with Crippen LogP contribution in [0.15, 0.2) is 42.7 Å². The number of rotatable bonds is 4. The maximum Gasteiger partial charge on any atom is 0.205 e. The molecule has 0 atom stereocenters. The summed E-state index contributed by atoms with van der Waals surface area (Å²) in [6, 6.07) is 8.79. The predicted molar refractivity (Wildman–Crippen MR) is 62.9 cm³/mol. The number of carbonyl (C=O) groups excluding carboxylic acids is 2. The first-order chi connectivity index (χ1) is 8.18. The molecule has 1 heterocycles. The van der Waals surface area contributed by atoms with E-state index in [2.05, 4.69) is 4.98 Å². The highest BCUT2D eigenvalue weighted by Gasteiger charge is 2.16. The van der Waals surface area contributed by atoms with E-state index in [0.717, 1.165) is 0 Å². The van der Waals surface area contributed by atoms with Crippen LogP contribution in [0.5, 0.6) is 0 Å². The second-order valence-corrected chi connectivity index (χ2v) is 3.75. The molecule has 17 heavy (non-hydrogen) atoms. The topological polar surface area (TPSA) is 52.0 Å². The van der Waals surface area contributed by atoms with E-state index >= 15 is 0 Å². The average molecular weight is 228 g/mol. The lowest BCUT2D eigenvalue weighted by Crippen LogP contribution is -2.12. The lowest BCUT2D eigenvalue weighted by molar-refractivity contribution is 0.0886. The van der Waals surface area contributed by atoms with E-state index in [4.69, 9.17) is 0 Å². The minimum Gasteiger partial charge on any atom is -0.332 e. The second-order valence-electron chi connectivity index (χ2n) is 3.75. The first-order valence-electron chi connectivity index (χ1n) is 5.27. The van der Waals surface area contributed by atoms with Crippen LogP contribution in [0.1, 0.15) is 27.4 Å². The molecule has 0 amide bonds. The number of hydrogen-bond acceptors (Lipinski definition) is 3. The Morgan fingerprint density at radius 2 is 1.88 bits per heavy atom. The maximum absolute atomic E-state index is 11.8. The van der Waals surface area contributed by atoms with Gasteiger partial charge in [0.1, 0.15) is 0 Å². The fourth-order valence-electron chi connectivity index (χ4n) is 1.59. The monoisotopic (exact) mass is 228 g/mol. The van der Waals surface area contributed by atoms with Crippen molar-refractivity contribution < 1.29 is 9.59 Å². The normalized spacial score (nSPS) is 10.2. The summed E-state index contributed by atoms with van der Waals surface area (Å²) >= 11 is 0. The Hall–Kier alpha value is -2.23. The van der Waals surface area contributed by atoms with Crippen LogP contribution < -0.4 is 0 Å². The lowest BCUT2D eigenvalue weighted by Gasteiger charge is -2.01. The van der Waals surface area contributed by atoms with Crippen molar-refractivity contribution in [3.05, 3.63) is 54.1 Å². The molecule has 0 aliphatic heterocycles. The van der Waals surface area contributed by atoms with Gasteiger partial charge in [0.15, 0.2) is 11.6 Å². The number of aromatic nitrogens is 2. The van der Waals surface area contributed by atoms with Gasteiger partial charge in [0.2, 0.25) is 5.78 Å². The number of ketones is 2. The fourth-order valence-corrected chi connectivity index (χ4v) is 1.59. The molecule has 0 N–H and O–H groups in total. The Morgan fingerprint density at radius 3 is 2.47 bits per heavy atom. The third-order valence-electron chi connectivity index (χ3n) is 2.49. The Kier molecular flexibility index (Phi) is 3.14. The van der Waals surface area contributed by atoms with Crippen LogP contribution in [0.4, 0.5) is 0 Å². The molecule has 0 bridgehead atoms. The Labute approximate surface area is 98.9 Å². The van der Waals surface area contributed by atoms with E-state index < -0.39 is 0 Å². The summed E-state index contributed by atoms with van der Waals surface area (Å²) in [5.74, 6) is -0.126. The van der Waals surface area contributed by atoms with Gasteiger partial charge in [-0.15, -0.1) is 0 Å². The van der Waals surface area contributed by atoms with Gasteiger partial charge in [0.25, 0.3) is 0 Å². The van der Waals surface area contributed by atoms with Crippen LogP contribution in [-0.4, -0.2) is 21.1 Å². The molecule has 0 aliphatic rings. The van der Waals surface area contributed by atoms with E-state index in [-0.39, 0.29) is 18.0 Å². The highest BCUT2D eigenvalue weighted by atomic mass is 16.1. The molecule has 2 rings (SSSR count). The van der Waals surface area contributed by atoms with Gasteiger partial charge in [0, 0.05) is 25.0 Å². The van der Waals surface area contributed by atoms with Crippen molar-refractivity contribution >= 4 is 11.6 Å². The molecule has 0 aliphatic carbocycles. The highest BCUT2D eigenvalue weighted by Crippen LogP contribution is 2.07. The van der Waals surface area contributed by atoms with E-state index in [0.29, 0.717) is 11.4 Å². The molecule has 0 fully saturated rings. The summed E-state index contributed by atoms with van der Waals surface area (Å²) in [5.41, 5.74) is 0.551. The number of aryl methyl sites for hydroxylation is 1. The van der Waals surface area contributed by atoms with Crippen LogP contribution in [0.25, 0.3) is 0 Å². The van der Waals surface area contributed by atoms with Gasteiger partial charge < -0.3 is 4.57 Å². The number of carbonyl (C=O) groups is 2. The zero-order valence-electron chi connectivity index (χ0n) is 9.46. The summed E-state index contributed by atoms with van der Waals surface area (Å²) < 4.78 is 1.61. The molecule has 0 saturated carbocycles. The predicted octanol–water partition coefficient (Wildman–Crippen LogP) is 1.88. The van der Waals surface area contributed by atoms with Gasteiger partial charge in [-0.2, -0.15) is 0 Å². The Morgan fingerprint density at radius 1 is 1.18 bits per heavy atom. The van der Waals surface area contributed by atoms with E-state index in [1.807, 2.05) is 6.07 Å². The lowest BCUT2D eigenvalue weighted by atomic mass is 10.1. The minimum atomic E-state index is -0.258. The molecular formula is C13H12N2O2. The summed E-state index contributed by atoms with van der Waals surface area (Å²) in [4.78, 5) is 27.5. The smallest absolute Gasteiger partial charge is 0.205 e. The van der Waals surface area contributed by atoms with Crippen molar-refractivity contribution in [3.8, 4) is 0 Å². The van der Waals surface area contributed by atoms with Gasteiger partial charge in [-0.1, -0.05) is 30.3 Å². The van der Waals surface area contributed by atoms with E-state index in [1.165, 1.54) is 0 Å². The third-order valence-corrected chi connectivity index (χ3v) is 2.49. The number of imidazole rings is 1. The summed E-state index contributed by atoms with van der Waals surface area (Å²) in [5, 5.41) is 0. The summed E-state index contributed by atoms with van der Waals surface area (Å²) in [6.45, 7) is 0. The fraction of sp³-hybridized carbons (Fsp3) is 0.154. The number of nitrogens with zero attached hydrogens (tertiary/aromatic N) is 2. The zero-order chi connectivity index (χ0) is 12.3. The van der Waals surface area contributed by atoms with Gasteiger partial charge in [-0.3, -0.25) is 9.59 Å².